The van der Waals surface area contributed by atoms with Gasteiger partial charge in [0.15, 0.2) is 5.69 Å². The molecule has 0 unspecified atom stereocenters. The highest BCUT2D eigenvalue weighted by Crippen LogP contribution is 2.40. The van der Waals surface area contributed by atoms with Crippen molar-refractivity contribution in [2.75, 3.05) is 22.9 Å². The third-order valence-electron chi connectivity index (χ3n) is 5.72. The number of aromatic nitrogens is 2. The molecule has 3 aliphatic rings. The van der Waals surface area contributed by atoms with Crippen LogP contribution >= 0.6 is 0 Å². The maximum Gasteiger partial charge on any atom is 0.279 e. The summed E-state index contributed by atoms with van der Waals surface area (Å²) >= 11 is 0. The molecule has 5 rings (SSSR count). The van der Waals surface area contributed by atoms with Gasteiger partial charge in [-0.2, -0.15) is 5.10 Å². The summed E-state index contributed by atoms with van der Waals surface area (Å²) in [6, 6.07) is 8.89. The SMILES string of the molecule is C[C@@H]1Cc2c(C(=O)N3CCN(C4CC4)c4ccccc43)n[nH]c2[C@H](C)O1. The Balaban J connectivity index is 1.51. The van der Waals surface area contributed by atoms with Gasteiger partial charge in [-0.15, -0.1) is 0 Å². The van der Waals surface area contributed by atoms with Crippen LogP contribution in [0.2, 0.25) is 0 Å². The van der Waals surface area contributed by atoms with Crippen LogP contribution in [-0.2, 0) is 11.2 Å². The van der Waals surface area contributed by atoms with E-state index in [2.05, 4.69) is 33.3 Å². The highest BCUT2D eigenvalue weighted by Gasteiger charge is 2.37. The zero-order valence-corrected chi connectivity index (χ0v) is 15.2. The number of H-pyrrole nitrogens is 1. The summed E-state index contributed by atoms with van der Waals surface area (Å²) in [4.78, 5) is 17.7. The van der Waals surface area contributed by atoms with E-state index in [-0.39, 0.29) is 18.1 Å². The van der Waals surface area contributed by atoms with Crippen molar-refractivity contribution in [2.24, 2.45) is 0 Å². The first-order chi connectivity index (χ1) is 12.6. The van der Waals surface area contributed by atoms with Gasteiger partial charge in [0.25, 0.3) is 5.91 Å². The first-order valence-electron chi connectivity index (χ1n) is 9.53. The second kappa shape index (κ2) is 5.84. The molecule has 6 nitrogen and oxygen atoms in total. The third-order valence-corrected chi connectivity index (χ3v) is 5.72. The van der Waals surface area contributed by atoms with Crippen molar-refractivity contribution < 1.29 is 9.53 Å². The summed E-state index contributed by atoms with van der Waals surface area (Å²) < 4.78 is 5.85. The third kappa shape index (κ3) is 2.43. The Morgan fingerprint density at radius 3 is 2.73 bits per heavy atom. The Kier molecular flexibility index (Phi) is 3.57. The van der Waals surface area contributed by atoms with Crippen molar-refractivity contribution in [3.8, 4) is 0 Å². The Bertz CT molecular complexity index is 857. The minimum Gasteiger partial charge on any atom is -0.369 e. The zero-order chi connectivity index (χ0) is 17.8. The number of hydrogen-bond donors (Lipinski definition) is 1. The number of carbonyl (C=O) groups excluding carboxylic acids is 1. The van der Waals surface area contributed by atoms with E-state index in [4.69, 9.17) is 4.74 Å². The highest BCUT2D eigenvalue weighted by molar-refractivity contribution is 6.08. The van der Waals surface area contributed by atoms with Crippen molar-refractivity contribution in [3.05, 3.63) is 41.2 Å². The standard InChI is InChI=1S/C20H24N4O2/c1-12-11-15-18(13(2)26-12)21-22-19(15)20(25)24-10-9-23(14-7-8-14)16-5-3-4-6-17(16)24/h3-6,12-14H,7-11H2,1-2H3,(H,21,22)/t12-,13+/m1/s1. The Hall–Kier alpha value is -2.34. The molecule has 1 aromatic heterocycles. The number of anilines is 2. The van der Waals surface area contributed by atoms with E-state index in [1.165, 1.54) is 18.5 Å². The molecule has 1 N–H and O–H groups in total. The quantitative estimate of drug-likeness (QED) is 0.902. The molecule has 26 heavy (non-hydrogen) atoms. The molecule has 1 aliphatic carbocycles. The molecule has 2 aromatic rings. The molecule has 6 heteroatoms. The number of nitrogens with zero attached hydrogens (tertiary/aromatic N) is 3. The molecular formula is C20H24N4O2. The first-order valence-corrected chi connectivity index (χ1v) is 9.53. The lowest BCUT2D eigenvalue weighted by Gasteiger charge is -2.38. The predicted octanol–water partition coefficient (Wildman–Crippen LogP) is 3.06. The zero-order valence-electron chi connectivity index (χ0n) is 15.2. The number of rotatable bonds is 2. The monoisotopic (exact) mass is 352 g/mol. The van der Waals surface area contributed by atoms with Crippen molar-refractivity contribution in [2.45, 2.75) is 51.4 Å². The molecular weight excluding hydrogens is 328 g/mol. The van der Waals surface area contributed by atoms with Crippen LogP contribution in [0.25, 0.3) is 0 Å². The van der Waals surface area contributed by atoms with Crippen molar-refractivity contribution >= 4 is 17.3 Å². The molecule has 1 saturated carbocycles. The largest absolute Gasteiger partial charge is 0.369 e. The van der Waals surface area contributed by atoms with Crippen LogP contribution in [0, 0.1) is 0 Å². The van der Waals surface area contributed by atoms with Crippen LogP contribution < -0.4 is 9.80 Å². The minimum absolute atomic E-state index is 0.00769. The normalized spacial score (nSPS) is 25.0. The van der Waals surface area contributed by atoms with Crippen LogP contribution in [0.3, 0.4) is 0 Å². The predicted molar refractivity (Wildman–Crippen MR) is 99.7 cm³/mol. The minimum atomic E-state index is -0.0539. The average Bonchev–Trinajstić information content (AvgIpc) is 3.39. The fourth-order valence-electron chi connectivity index (χ4n) is 4.34. The molecule has 1 fully saturated rings. The molecule has 2 atom stereocenters. The number of carbonyl (C=O) groups is 1. The fraction of sp³-hybridized carbons (Fsp3) is 0.500. The smallest absolute Gasteiger partial charge is 0.279 e. The number of aromatic amines is 1. The van der Waals surface area contributed by atoms with Gasteiger partial charge in [0.05, 0.1) is 29.3 Å². The summed E-state index contributed by atoms with van der Waals surface area (Å²) in [6.45, 7) is 5.64. The Morgan fingerprint density at radius 1 is 1.19 bits per heavy atom. The highest BCUT2D eigenvalue weighted by atomic mass is 16.5. The summed E-state index contributed by atoms with van der Waals surface area (Å²) in [5.74, 6) is -0.00769. The van der Waals surface area contributed by atoms with E-state index in [9.17, 15) is 4.79 Å². The van der Waals surface area contributed by atoms with Gasteiger partial charge in [-0.3, -0.25) is 9.89 Å². The van der Waals surface area contributed by atoms with Crippen molar-refractivity contribution in [1.29, 1.82) is 0 Å². The van der Waals surface area contributed by atoms with Gasteiger partial charge in [0.2, 0.25) is 0 Å². The van der Waals surface area contributed by atoms with Crippen LogP contribution in [0.5, 0.6) is 0 Å². The van der Waals surface area contributed by atoms with Gasteiger partial charge in [-0.05, 0) is 38.8 Å². The van der Waals surface area contributed by atoms with Crippen LogP contribution in [-0.4, -0.2) is 41.3 Å². The lowest BCUT2D eigenvalue weighted by Crippen LogP contribution is -2.45. The molecule has 2 aliphatic heterocycles. The topological polar surface area (TPSA) is 61.5 Å². The van der Waals surface area contributed by atoms with E-state index in [0.29, 0.717) is 18.3 Å². The van der Waals surface area contributed by atoms with E-state index >= 15 is 0 Å². The summed E-state index contributed by atoms with van der Waals surface area (Å²) in [6.07, 6.45) is 3.28. The lowest BCUT2D eigenvalue weighted by atomic mass is 9.99. The van der Waals surface area contributed by atoms with Crippen molar-refractivity contribution in [3.63, 3.8) is 0 Å². The Morgan fingerprint density at radius 2 is 1.96 bits per heavy atom. The molecule has 0 saturated heterocycles. The number of ether oxygens (including phenoxy) is 1. The summed E-state index contributed by atoms with van der Waals surface area (Å²) in [5.41, 5.74) is 4.68. The summed E-state index contributed by atoms with van der Waals surface area (Å²) in [7, 11) is 0. The summed E-state index contributed by atoms with van der Waals surface area (Å²) in [5, 5.41) is 7.43. The average molecular weight is 352 g/mol. The number of nitrogens with one attached hydrogen (secondary N) is 1. The van der Waals surface area contributed by atoms with Gasteiger partial charge in [0.1, 0.15) is 0 Å². The second-order valence-electron chi connectivity index (χ2n) is 7.63. The van der Waals surface area contributed by atoms with Gasteiger partial charge in [0, 0.05) is 31.1 Å². The van der Waals surface area contributed by atoms with E-state index in [0.717, 1.165) is 29.9 Å². The fourth-order valence-corrected chi connectivity index (χ4v) is 4.34. The number of hydrogen-bond acceptors (Lipinski definition) is 4. The molecule has 1 aromatic carbocycles. The maximum atomic E-state index is 13.4. The Labute approximate surface area is 153 Å². The second-order valence-corrected chi connectivity index (χ2v) is 7.63. The molecule has 0 bridgehead atoms. The molecule has 0 radical (unpaired) electrons. The first kappa shape index (κ1) is 15.9. The molecule has 3 heterocycles. The molecule has 1 amide bonds. The number of benzene rings is 1. The van der Waals surface area contributed by atoms with E-state index in [1.54, 1.807) is 0 Å². The van der Waals surface area contributed by atoms with Gasteiger partial charge in [-0.1, -0.05) is 12.1 Å². The van der Waals surface area contributed by atoms with E-state index < -0.39 is 0 Å². The van der Waals surface area contributed by atoms with Crippen LogP contribution in [0.15, 0.2) is 24.3 Å². The van der Waals surface area contributed by atoms with Gasteiger partial charge < -0.3 is 14.5 Å². The molecule has 136 valence electrons. The lowest BCUT2D eigenvalue weighted by molar-refractivity contribution is -0.00696. The van der Waals surface area contributed by atoms with Gasteiger partial charge in [-0.25, -0.2) is 0 Å². The van der Waals surface area contributed by atoms with Crippen LogP contribution in [0.1, 0.15) is 54.5 Å². The number of fused-ring (bicyclic) bond motifs is 2. The maximum absolute atomic E-state index is 13.4. The number of amides is 1. The van der Waals surface area contributed by atoms with Gasteiger partial charge >= 0.3 is 0 Å². The van der Waals surface area contributed by atoms with Crippen molar-refractivity contribution in [1.82, 2.24) is 10.2 Å². The van der Waals surface area contributed by atoms with Crippen LogP contribution in [0.4, 0.5) is 11.4 Å². The number of para-hydroxylation sites is 2. The van der Waals surface area contributed by atoms with E-state index in [1.807, 2.05) is 24.8 Å². The molecule has 0 spiro atoms.